The summed E-state index contributed by atoms with van der Waals surface area (Å²) in [6.07, 6.45) is 1.48. The summed E-state index contributed by atoms with van der Waals surface area (Å²) >= 11 is 0. The maximum Gasteiger partial charge on any atom is 0.272 e. The van der Waals surface area contributed by atoms with Gasteiger partial charge in [-0.05, 0) is 38.6 Å². The number of aryl methyl sites for hydroxylation is 1. The second-order valence-corrected chi connectivity index (χ2v) is 6.44. The van der Waals surface area contributed by atoms with Crippen LogP contribution < -0.4 is 4.90 Å². The Bertz CT molecular complexity index is 740. The lowest BCUT2D eigenvalue weighted by molar-refractivity contribution is 0.0658. The molecule has 2 aromatic rings. The number of hydrogen-bond acceptors (Lipinski definition) is 5. The second kappa shape index (κ2) is 7.61. The van der Waals surface area contributed by atoms with Crippen LogP contribution in [0.3, 0.4) is 0 Å². The van der Waals surface area contributed by atoms with Gasteiger partial charge in [0, 0.05) is 44.5 Å². The Morgan fingerprint density at radius 1 is 1.16 bits per heavy atom. The van der Waals surface area contributed by atoms with E-state index in [0.29, 0.717) is 5.69 Å². The minimum Gasteiger partial charge on any atom is -0.335 e. The molecule has 0 aliphatic carbocycles. The average Bonchev–Trinajstić information content (AvgIpc) is 2.63. The molecular weight excluding hydrogens is 314 g/mol. The first-order valence-electron chi connectivity index (χ1n) is 8.72. The molecule has 25 heavy (non-hydrogen) atoms. The number of aromatic nitrogens is 2. The lowest BCUT2D eigenvalue weighted by Gasteiger charge is -2.32. The van der Waals surface area contributed by atoms with Crippen molar-refractivity contribution >= 4 is 17.4 Å². The summed E-state index contributed by atoms with van der Waals surface area (Å²) in [7, 11) is 2.07. The number of likely N-dealkylation sites (N-methyl/N-ethyl adjacent to an activating group) is 1. The zero-order valence-electron chi connectivity index (χ0n) is 15.1. The number of nitrogens with zero attached hydrogens (tertiary/aromatic N) is 5. The Morgan fingerprint density at radius 3 is 2.60 bits per heavy atom. The van der Waals surface area contributed by atoms with Crippen LogP contribution in [-0.4, -0.2) is 65.4 Å². The molecule has 1 saturated heterocycles. The van der Waals surface area contributed by atoms with Crippen molar-refractivity contribution < 1.29 is 4.79 Å². The number of rotatable bonds is 4. The number of amides is 1. The third kappa shape index (κ3) is 3.96. The first-order valence-corrected chi connectivity index (χ1v) is 8.72. The molecule has 132 valence electrons. The van der Waals surface area contributed by atoms with Crippen molar-refractivity contribution in [1.82, 2.24) is 19.8 Å². The highest BCUT2D eigenvalue weighted by Gasteiger charge is 2.22. The molecule has 0 saturated carbocycles. The van der Waals surface area contributed by atoms with E-state index in [0.717, 1.165) is 44.2 Å². The van der Waals surface area contributed by atoms with E-state index in [9.17, 15) is 4.79 Å². The van der Waals surface area contributed by atoms with Crippen molar-refractivity contribution in [2.45, 2.75) is 13.8 Å². The number of anilines is 2. The van der Waals surface area contributed by atoms with Crippen molar-refractivity contribution in [3.8, 4) is 0 Å². The zero-order valence-corrected chi connectivity index (χ0v) is 15.1. The lowest BCUT2D eigenvalue weighted by atomic mass is 10.2. The molecule has 6 heteroatoms. The van der Waals surface area contributed by atoms with E-state index in [-0.39, 0.29) is 5.91 Å². The van der Waals surface area contributed by atoms with Crippen LogP contribution >= 0.6 is 0 Å². The average molecular weight is 339 g/mol. The Labute approximate surface area is 149 Å². The topological polar surface area (TPSA) is 52.6 Å². The lowest BCUT2D eigenvalue weighted by Crippen LogP contribution is -2.47. The standard InChI is InChI=1S/C19H25N5O/c1-4-24(16-7-5-6-15(2)12-16)18-13-17(20-14-21-18)19(25)23-10-8-22(3)9-11-23/h5-7,12-14H,4,8-11H2,1-3H3. The maximum absolute atomic E-state index is 12.8. The monoisotopic (exact) mass is 339 g/mol. The maximum atomic E-state index is 12.8. The molecule has 0 bridgehead atoms. The smallest absolute Gasteiger partial charge is 0.272 e. The fraction of sp³-hybridized carbons (Fsp3) is 0.421. The van der Waals surface area contributed by atoms with E-state index in [1.54, 1.807) is 6.07 Å². The molecule has 0 radical (unpaired) electrons. The first kappa shape index (κ1) is 17.4. The van der Waals surface area contributed by atoms with Crippen LogP contribution in [0.2, 0.25) is 0 Å². The highest BCUT2D eigenvalue weighted by molar-refractivity contribution is 5.93. The summed E-state index contributed by atoms with van der Waals surface area (Å²) in [5, 5.41) is 0. The van der Waals surface area contributed by atoms with Gasteiger partial charge < -0.3 is 14.7 Å². The van der Waals surface area contributed by atoms with Crippen LogP contribution in [0.25, 0.3) is 0 Å². The quantitative estimate of drug-likeness (QED) is 0.856. The predicted octanol–water partition coefficient (Wildman–Crippen LogP) is 2.33. The number of carbonyl (C=O) groups is 1. The van der Waals surface area contributed by atoms with Crippen LogP contribution in [0.1, 0.15) is 23.0 Å². The molecule has 0 spiro atoms. The van der Waals surface area contributed by atoms with Gasteiger partial charge in [-0.25, -0.2) is 9.97 Å². The Morgan fingerprint density at radius 2 is 1.92 bits per heavy atom. The van der Waals surface area contributed by atoms with Gasteiger partial charge in [0.2, 0.25) is 0 Å². The highest BCUT2D eigenvalue weighted by Crippen LogP contribution is 2.24. The Kier molecular flexibility index (Phi) is 5.28. The van der Waals surface area contributed by atoms with Gasteiger partial charge in [-0.1, -0.05) is 12.1 Å². The molecule has 1 aromatic carbocycles. The van der Waals surface area contributed by atoms with Gasteiger partial charge >= 0.3 is 0 Å². The van der Waals surface area contributed by atoms with E-state index in [2.05, 4.69) is 58.9 Å². The summed E-state index contributed by atoms with van der Waals surface area (Å²) in [5.41, 5.74) is 2.72. The van der Waals surface area contributed by atoms with Crippen LogP contribution in [-0.2, 0) is 0 Å². The molecular formula is C19H25N5O. The number of piperazine rings is 1. The highest BCUT2D eigenvalue weighted by atomic mass is 16.2. The molecule has 2 heterocycles. The fourth-order valence-electron chi connectivity index (χ4n) is 3.06. The van der Waals surface area contributed by atoms with Crippen molar-refractivity contribution in [3.63, 3.8) is 0 Å². The second-order valence-electron chi connectivity index (χ2n) is 6.44. The Balaban J connectivity index is 1.84. The van der Waals surface area contributed by atoms with Gasteiger partial charge in [-0.3, -0.25) is 4.79 Å². The van der Waals surface area contributed by atoms with Crippen molar-refractivity contribution in [2.24, 2.45) is 0 Å². The van der Waals surface area contributed by atoms with Gasteiger partial charge in [0.25, 0.3) is 5.91 Å². The van der Waals surface area contributed by atoms with Crippen molar-refractivity contribution in [2.75, 3.05) is 44.7 Å². The molecule has 6 nitrogen and oxygen atoms in total. The van der Waals surface area contributed by atoms with Crippen LogP contribution in [0.15, 0.2) is 36.7 Å². The molecule has 0 unspecified atom stereocenters. The Hall–Kier alpha value is -2.47. The molecule has 1 fully saturated rings. The van der Waals surface area contributed by atoms with Crippen molar-refractivity contribution in [3.05, 3.63) is 47.9 Å². The molecule has 0 atom stereocenters. The van der Waals surface area contributed by atoms with Gasteiger partial charge in [0.15, 0.2) is 0 Å². The summed E-state index contributed by atoms with van der Waals surface area (Å²) in [5.74, 6) is 0.734. The zero-order chi connectivity index (χ0) is 17.8. The number of benzene rings is 1. The van der Waals surface area contributed by atoms with Crippen molar-refractivity contribution in [1.29, 1.82) is 0 Å². The summed E-state index contributed by atoms with van der Waals surface area (Å²) < 4.78 is 0. The van der Waals surface area contributed by atoms with Gasteiger partial charge in [0.1, 0.15) is 17.8 Å². The fourth-order valence-corrected chi connectivity index (χ4v) is 3.06. The molecule has 1 aromatic heterocycles. The molecule has 1 aliphatic rings. The van der Waals surface area contributed by atoms with E-state index in [4.69, 9.17) is 0 Å². The third-order valence-electron chi connectivity index (χ3n) is 4.57. The first-order chi connectivity index (χ1) is 12.1. The van der Waals surface area contributed by atoms with E-state index >= 15 is 0 Å². The number of carbonyl (C=O) groups excluding carboxylic acids is 1. The third-order valence-corrected chi connectivity index (χ3v) is 4.57. The van der Waals surface area contributed by atoms with E-state index in [1.165, 1.54) is 11.9 Å². The molecule has 1 aliphatic heterocycles. The summed E-state index contributed by atoms with van der Waals surface area (Å²) in [4.78, 5) is 27.6. The van der Waals surface area contributed by atoms with E-state index in [1.807, 2.05) is 11.0 Å². The minimum atomic E-state index is -0.0166. The van der Waals surface area contributed by atoms with Crippen LogP contribution in [0.5, 0.6) is 0 Å². The van der Waals surface area contributed by atoms with Gasteiger partial charge in [0.05, 0.1) is 0 Å². The summed E-state index contributed by atoms with van der Waals surface area (Å²) in [6, 6.07) is 10.1. The largest absolute Gasteiger partial charge is 0.335 e. The van der Waals surface area contributed by atoms with E-state index < -0.39 is 0 Å². The summed E-state index contributed by atoms with van der Waals surface area (Å²) in [6.45, 7) is 8.19. The van der Waals surface area contributed by atoms with Crippen LogP contribution in [0, 0.1) is 6.92 Å². The van der Waals surface area contributed by atoms with Gasteiger partial charge in [-0.2, -0.15) is 0 Å². The predicted molar refractivity (Wildman–Crippen MR) is 99.3 cm³/mol. The molecule has 3 rings (SSSR count). The number of hydrogen-bond donors (Lipinski definition) is 0. The molecule has 1 amide bonds. The molecule has 0 N–H and O–H groups in total. The van der Waals surface area contributed by atoms with Crippen LogP contribution in [0.4, 0.5) is 11.5 Å². The normalized spacial score (nSPS) is 15.2. The van der Waals surface area contributed by atoms with Gasteiger partial charge in [-0.15, -0.1) is 0 Å². The SMILES string of the molecule is CCN(c1cccc(C)c1)c1cc(C(=O)N2CCN(C)CC2)ncn1. The minimum absolute atomic E-state index is 0.0166.